The van der Waals surface area contributed by atoms with Crippen LogP contribution >= 0.6 is 0 Å². The number of nitrogens with two attached hydrogens (primary N) is 1. The highest BCUT2D eigenvalue weighted by atomic mass is 16.5. The molecule has 136 valence electrons. The molecule has 6 heteroatoms. The lowest BCUT2D eigenvalue weighted by molar-refractivity contribution is -0.119. The number of methoxy groups -OCH3 is 1. The zero-order chi connectivity index (χ0) is 18.5. The van der Waals surface area contributed by atoms with E-state index in [-0.39, 0.29) is 12.5 Å². The Morgan fingerprint density at radius 3 is 2.35 bits per heavy atom. The summed E-state index contributed by atoms with van der Waals surface area (Å²) in [6.07, 6.45) is 0.942. The van der Waals surface area contributed by atoms with Gasteiger partial charge in [0.25, 0.3) is 11.8 Å². The molecule has 1 atom stereocenters. The van der Waals surface area contributed by atoms with Crippen LogP contribution in [0.1, 0.15) is 28.3 Å². The average molecular weight is 354 g/mol. The smallest absolute Gasteiger partial charge is 0.255 e. The number of amides is 2. The first kappa shape index (κ1) is 17.8. The van der Waals surface area contributed by atoms with Crippen LogP contribution in [0.25, 0.3) is 0 Å². The van der Waals surface area contributed by atoms with Gasteiger partial charge in [-0.25, -0.2) is 0 Å². The van der Waals surface area contributed by atoms with Crippen molar-refractivity contribution in [1.29, 1.82) is 0 Å². The maximum atomic E-state index is 12.7. The fourth-order valence-corrected chi connectivity index (χ4v) is 3.12. The highest BCUT2D eigenvalue weighted by molar-refractivity contribution is 5.94. The van der Waals surface area contributed by atoms with Gasteiger partial charge in [-0.3, -0.25) is 9.59 Å². The molecule has 0 spiro atoms. The van der Waals surface area contributed by atoms with Crippen molar-refractivity contribution in [3.05, 3.63) is 59.7 Å². The molecule has 0 bridgehead atoms. The van der Waals surface area contributed by atoms with Gasteiger partial charge >= 0.3 is 0 Å². The first-order chi connectivity index (χ1) is 12.6. The molecule has 0 radical (unpaired) electrons. The van der Waals surface area contributed by atoms with Crippen LogP contribution in [0, 0.1) is 0 Å². The van der Waals surface area contributed by atoms with Crippen molar-refractivity contribution < 1.29 is 19.1 Å². The number of hydrogen-bond donors (Lipinski definition) is 1. The third-order valence-electron chi connectivity index (χ3n) is 4.55. The van der Waals surface area contributed by atoms with Crippen LogP contribution in [0.2, 0.25) is 0 Å². The highest BCUT2D eigenvalue weighted by Gasteiger charge is 2.28. The Morgan fingerprint density at radius 1 is 1.08 bits per heavy atom. The number of primary amides is 1. The second-order valence-electron chi connectivity index (χ2n) is 6.29. The summed E-state index contributed by atoms with van der Waals surface area (Å²) in [5, 5.41) is 0. The van der Waals surface area contributed by atoms with E-state index < -0.39 is 5.91 Å². The van der Waals surface area contributed by atoms with E-state index in [9.17, 15) is 9.59 Å². The van der Waals surface area contributed by atoms with Crippen LogP contribution in [0.3, 0.4) is 0 Å². The van der Waals surface area contributed by atoms with Crippen molar-refractivity contribution in [2.75, 3.05) is 26.8 Å². The van der Waals surface area contributed by atoms with Crippen molar-refractivity contribution in [2.45, 2.75) is 12.3 Å². The number of rotatable bonds is 6. The molecule has 1 saturated heterocycles. The van der Waals surface area contributed by atoms with Crippen LogP contribution in [0.4, 0.5) is 0 Å². The zero-order valence-electron chi connectivity index (χ0n) is 14.7. The molecule has 1 unspecified atom stereocenters. The molecule has 0 aromatic heterocycles. The van der Waals surface area contributed by atoms with E-state index >= 15 is 0 Å². The molecule has 3 rings (SSSR count). The Hall–Kier alpha value is -3.02. The number of ether oxygens (including phenoxy) is 2. The van der Waals surface area contributed by atoms with E-state index in [0.717, 1.165) is 18.7 Å². The number of nitrogens with zero attached hydrogens (tertiary/aromatic N) is 1. The van der Waals surface area contributed by atoms with Gasteiger partial charge in [0.1, 0.15) is 11.5 Å². The van der Waals surface area contributed by atoms with Crippen molar-refractivity contribution in [1.82, 2.24) is 4.90 Å². The minimum atomic E-state index is -0.535. The molecule has 0 saturated carbocycles. The Morgan fingerprint density at radius 2 is 1.73 bits per heavy atom. The minimum Gasteiger partial charge on any atom is -0.497 e. The lowest BCUT2D eigenvalue weighted by Crippen LogP contribution is -2.28. The van der Waals surface area contributed by atoms with E-state index in [1.165, 1.54) is 5.56 Å². The van der Waals surface area contributed by atoms with Gasteiger partial charge in [-0.05, 0) is 48.4 Å². The molecule has 2 amide bonds. The quantitative estimate of drug-likeness (QED) is 0.862. The second-order valence-corrected chi connectivity index (χ2v) is 6.29. The number of carbonyl (C=O) groups excluding carboxylic acids is 2. The third-order valence-corrected chi connectivity index (χ3v) is 4.55. The van der Waals surface area contributed by atoms with E-state index in [1.807, 2.05) is 17.0 Å². The Labute approximate surface area is 152 Å². The number of likely N-dealkylation sites (tertiary alicyclic amines) is 1. The molecule has 0 aliphatic carbocycles. The maximum absolute atomic E-state index is 12.7. The predicted molar refractivity (Wildman–Crippen MR) is 97.4 cm³/mol. The van der Waals surface area contributed by atoms with Crippen LogP contribution in [-0.4, -0.2) is 43.5 Å². The molecule has 1 aliphatic heterocycles. The predicted octanol–water partition coefficient (Wildman–Crippen LogP) is 2.19. The van der Waals surface area contributed by atoms with Crippen LogP contribution in [0.5, 0.6) is 11.5 Å². The normalized spacial score (nSPS) is 16.3. The SMILES string of the molecule is COc1ccc(C2CCN(C(=O)c3ccc(OCC(N)=O)cc3)C2)cc1. The molecular formula is C20H22N2O4. The summed E-state index contributed by atoms with van der Waals surface area (Å²) in [5.74, 6) is 1.15. The highest BCUT2D eigenvalue weighted by Crippen LogP contribution is 2.29. The van der Waals surface area contributed by atoms with Gasteiger partial charge in [-0.15, -0.1) is 0 Å². The summed E-state index contributed by atoms with van der Waals surface area (Å²) < 4.78 is 10.4. The number of benzene rings is 2. The van der Waals surface area contributed by atoms with Crippen LogP contribution in [-0.2, 0) is 4.79 Å². The largest absolute Gasteiger partial charge is 0.497 e. The molecule has 2 aromatic carbocycles. The van der Waals surface area contributed by atoms with Crippen LogP contribution < -0.4 is 15.2 Å². The summed E-state index contributed by atoms with van der Waals surface area (Å²) in [4.78, 5) is 25.3. The lowest BCUT2D eigenvalue weighted by Gasteiger charge is -2.17. The van der Waals surface area contributed by atoms with Crippen molar-refractivity contribution in [3.8, 4) is 11.5 Å². The van der Waals surface area contributed by atoms with E-state index in [1.54, 1.807) is 31.4 Å². The summed E-state index contributed by atoms with van der Waals surface area (Å²) in [7, 11) is 1.65. The second kappa shape index (κ2) is 7.91. The average Bonchev–Trinajstić information content (AvgIpc) is 3.16. The zero-order valence-corrected chi connectivity index (χ0v) is 14.7. The van der Waals surface area contributed by atoms with Crippen molar-refractivity contribution in [2.24, 2.45) is 5.73 Å². The van der Waals surface area contributed by atoms with Gasteiger partial charge in [0.05, 0.1) is 7.11 Å². The number of hydrogen-bond acceptors (Lipinski definition) is 4. The summed E-state index contributed by atoms with van der Waals surface area (Å²) in [6.45, 7) is 1.25. The van der Waals surface area contributed by atoms with Gasteiger partial charge < -0.3 is 20.1 Å². The van der Waals surface area contributed by atoms with Gasteiger partial charge in [-0.2, -0.15) is 0 Å². The minimum absolute atomic E-state index is 0.00228. The van der Waals surface area contributed by atoms with Crippen molar-refractivity contribution in [3.63, 3.8) is 0 Å². The standard InChI is InChI=1S/C20H22N2O4/c1-25-17-6-2-14(3-7-17)16-10-11-22(12-16)20(24)15-4-8-18(9-5-15)26-13-19(21)23/h2-9,16H,10-13H2,1H3,(H2,21,23). The van der Waals surface area contributed by atoms with Gasteiger partial charge in [0.15, 0.2) is 6.61 Å². The Kier molecular flexibility index (Phi) is 5.41. The van der Waals surface area contributed by atoms with Crippen LogP contribution in [0.15, 0.2) is 48.5 Å². The molecule has 1 fully saturated rings. The third kappa shape index (κ3) is 4.14. The molecule has 6 nitrogen and oxygen atoms in total. The fourth-order valence-electron chi connectivity index (χ4n) is 3.12. The Balaban J connectivity index is 1.60. The lowest BCUT2D eigenvalue weighted by atomic mass is 9.98. The van der Waals surface area contributed by atoms with Crippen molar-refractivity contribution >= 4 is 11.8 Å². The van der Waals surface area contributed by atoms with Gasteiger partial charge in [0.2, 0.25) is 0 Å². The van der Waals surface area contributed by atoms with E-state index in [2.05, 4.69) is 12.1 Å². The summed E-state index contributed by atoms with van der Waals surface area (Å²) >= 11 is 0. The molecular weight excluding hydrogens is 332 g/mol. The van der Waals surface area contributed by atoms with E-state index in [0.29, 0.717) is 23.8 Å². The van der Waals surface area contributed by atoms with Gasteiger partial charge in [-0.1, -0.05) is 12.1 Å². The summed E-state index contributed by atoms with van der Waals surface area (Å²) in [5.41, 5.74) is 6.87. The molecule has 1 aliphatic rings. The van der Waals surface area contributed by atoms with E-state index in [4.69, 9.17) is 15.2 Å². The monoisotopic (exact) mass is 354 g/mol. The summed E-state index contributed by atoms with van der Waals surface area (Å²) in [6, 6.07) is 14.8. The molecule has 2 aromatic rings. The maximum Gasteiger partial charge on any atom is 0.255 e. The fraction of sp³-hybridized carbons (Fsp3) is 0.300. The van der Waals surface area contributed by atoms with Gasteiger partial charge in [0, 0.05) is 24.6 Å². The topological polar surface area (TPSA) is 81.9 Å². The molecule has 1 heterocycles. The first-order valence-corrected chi connectivity index (χ1v) is 8.51. The first-order valence-electron chi connectivity index (χ1n) is 8.51. The molecule has 26 heavy (non-hydrogen) atoms. The number of carbonyl (C=O) groups is 2. The molecule has 2 N–H and O–H groups in total. The Bertz CT molecular complexity index is 771.